The number of methoxy groups -OCH3 is 1. The highest BCUT2D eigenvalue weighted by atomic mass is 32.2. The minimum atomic E-state index is -5.46. The van der Waals surface area contributed by atoms with Crippen molar-refractivity contribution in [3.8, 4) is 5.75 Å². The predicted molar refractivity (Wildman–Crippen MR) is 123 cm³/mol. The molecule has 0 spiro atoms. The summed E-state index contributed by atoms with van der Waals surface area (Å²) in [7, 11) is 1.28. The van der Waals surface area contributed by atoms with Crippen LogP contribution in [0.4, 0.5) is 26.3 Å². The van der Waals surface area contributed by atoms with Gasteiger partial charge in [-0.1, -0.05) is 36.5 Å². The van der Waals surface area contributed by atoms with Crippen molar-refractivity contribution in [1.82, 2.24) is 9.80 Å². The fraction of sp³-hybridized carbons (Fsp3) is 0.333. The van der Waals surface area contributed by atoms with Gasteiger partial charge in [0.25, 0.3) is 5.91 Å². The molecule has 1 heterocycles. The van der Waals surface area contributed by atoms with Gasteiger partial charge in [-0.2, -0.15) is 26.3 Å². The van der Waals surface area contributed by atoms with Crippen molar-refractivity contribution in [1.29, 1.82) is 0 Å². The minimum Gasteiger partial charge on any atom is -0.496 e. The molecule has 0 atom stereocenters. The van der Waals surface area contributed by atoms with Crippen molar-refractivity contribution in [3.05, 3.63) is 59.7 Å². The maximum absolute atomic E-state index is 14.2. The molecule has 0 aromatic heterocycles. The Hall–Kier alpha value is -3.19. The first-order chi connectivity index (χ1) is 17.2. The third-order valence-corrected chi connectivity index (χ3v) is 6.74. The molecule has 1 N–H and O–H groups in total. The summed E-state index contributed by atoms with van der Waals surface area (Å²) in [5.41, 5.74) is -5.63. The number of ether oxygens (including phenoxy) is 1. The molecular weight excluding hydrogens is 526 g/mol. The minimum absolute atomic E-state index is 0.0135. The summed E-state index contributed by atoms with van der Waals surface area (Å²) < 4.78 is 90.1. The van der Waals surface area contributed by atoms with Crippen LogP contribution in [0.25, 0.3) is 5.57 Å². The quantitative estimate of drug-likeness (QED) is 0.383. The lowest BCUT2D eigenvalue weighted by Crippen LogP contribution is -2.50. The van der Waals surface area contributed by atoms with Gasteiger partial charge in [-0.25, -0.2) is 0 Å². The van der Waals surface area contributed by atoms with E-state index in [-0.39, 0.29) is 43.4 Å². The Bertz CT molecular complexity index is 1190. The van der Waals surface area contributed by atoms with Gasteiger partial charge in [-0.3, -0.25) is 14.5 Å². The molecule has 0 radical (unpaired) electrons. The number of para-hydroxylation sites is 1. The van der Waals surface area contributed by atoms with Crippen molar-refractivity contribution in [2.45, 2.75) is 22.1 Å². The molecule has 0 aliphatic carbocycles. The van der Waals surface area contributed by atoms with Crippen LogP contribution in [-0.2, 0) is 21.9 Å². The van der Waals surface area contributed by atoms with E-state index in [4.69, 9.17) is 9.84 Å². The molecule has 6 nitrogen and oxygen atoms in total. The van der Waals surface area contributed by atoms with Crippen molar-refractivity contribution < 1.29 is 45.8 Å². The summed E-state index contributed by atoms with van der Waals surface area (Å²) in [5, 5.41) is 8.88. The second-order valence-corrected chi connectivity index (χ2v) is 9.13. The third-order valence-electron chi connectivity index (χ3n) is 5.62. The van der Waals surface area contributed by atoms with Gasteiger partial charge in [0.15, 0.2) is 0 Å². The lowest BCUT2D eigenvalue weighted by Gasteiger charge is -2.34. The molecule has 37 heavy (non-hydrogen) atoms. The lowest BCUT2D eigenvalue weighted by molar-refractivity contribution is -0.163. The molecule has 2 aromatic rings. The van der Waals surface area contributed by atoms with E-state index in [1.54, 1.807) is 6.07 Å². The molecule has 0 unspecified atom stereocenters. The number of piperazine rings is 1. The summed E-state index contributed by atoms with van der Waals surface area (Å²) in [6.45, 7) is 3.39. The fourth-order valence-corrected chi connectivity index (χ4v) is 5.02. The van der Waals surface area contributed by atoms with Gasteiger partial charge in [0.2, 0.25) is 0 Å². The molecule has 1 saturated heterocycles. The molecular formula is C24H22F6N2O4S. The van der Waals surface area contributed by atoms with Crippen molar-refractivity contribution >= 4 is 29.2 Å². The predicted octanol–water partition coefficient (Wildman–Crippen LogP) is 5.13. The van der Waals surface area contributed by atoms with Gasteiger partial charge in [-0.05, 0) is 23.8 Å². The van der Waals surface area contributed by atoms with Crippen LogP contribution < -0.4 is 4.74 Å². The molecule has 0 bridgehead atoms. The van der Waals surface area contributed by atoms with E-state index in [1.807, 2.05) is 0 Å². The van der Waals surface area contributed by atoms with Gasteiger partial charge in [0, 0.05) is 36.6 Å². The molecule has 3 rings (SSSR count). The topological polar surface area (TPSA) is 70.1 Å². The largest absolute Gasteiger partial charge is 0.496 e. The highest BCUT2D eigenvalue weighted by Gasteiger charge is 2.47. The zero-order valence-electron chi connectivity index (χ0n) is 19.4. The Morgan fingerprint density at radius 3 is 2.08 bits per heavy atom. The Balaban J connectivity index is 2.03. The summed E-state index contributed by atoms with van der Waals surface area (Å²) >= 11 is 0.461. The Kier molecular flexibility index (Phi) is 8.48. The number of hydrogen-bond donors (Lipinski definition) is 1. The van der Waals surface area contributed by atoms with E-state index in [0.29, 0.717) is 11.8 Å². The molecule has 2 aromatic carbocycles. The molecule has 1 amide bonds. The van der Waals surface area contributed by atoms with E-state index in [0.717, 1.165) is 17.0 Å². The van der Waals surface area contributed by atoms with E-state index in [2.05, 4.69) is 6.58 Å². The van der Waals surface area contributed by atoms with Crippen molar-refractivity contribution in [2.24, 2.45) is 0 Å². The van der Waals surface area contributed by atoms with Crippen LogP contribution in [0, 0.1) is 0 Å². The van der Waals surface area contributed by atoms with Gasteiger partial charge >= 0.3 is 18.3 Å². The maximum atomic E-state index is 14.2. The number of amides is 1. The molecule has 1 fully saturated rings. The van der Waals surface area contributed by atoms with Crippen LogP contribution in [0.1, 0.15) is 16.7 Å². The van der Waals surface area contributed by atoms with Gasteiger partial charge in [-0.15, -0.1) is 0 Å². The SMILES string of the molecule is C=C(C(=O)N1CCN(CC(=O)O)CC1)c1ccc(Sc2ccccc2OC)c(C(F)(F)F)c1C(F)(F)F. The molecule has 1 aliphatic heterocycles. The second-order valence-electron chi connectivity index (χ2n) is 8.05. The highest BCUT2D eigenvalue weighted by molar-refractivity contribution is 7.99. The molecule has 13 heteroatoms. The van der Waals surface area contributed by atoms with Crippen LogP contribution in [0.2, 0.25) is 0 Å². The first kappa shape index (κ1) is 28.4. The number of benzene rings is 2. The smallest absolute Gasteiger partial charge is 0.418 e. The average Bonchev–Trinajstić information content (AvgIpc) is 2.82. The van der Waals surface area contributed by atoms with Gasteiger partial charge in [0.1, 0.15) is 5.75 Å². The van der Waals surface area contributed by atoms with E-state index in [1.165, 1.54) is 30.2 Å². The van der Waals surface area contributed by atoms with E-state index in [9.17, 15) is 35.9 Å². The summed E-state index contributed by atoms with van der Waals surface area (Å²) in [4.78, 5) is 25.9. The summed E-state index contributed by atoms with van der Waals surface area (Å²) in [5.74, 6) is -1.86. The molecule has 1 aliphatic rings. The van der Waals surface area contributed by atoms with Crippen LogP contribution in [-0.4, -0.2) is 66.6 Å². The Morgan fingerprint density at radius 1 is 0.946 bits per heavy atom. The number of rotatable bonds is 7. The van der Waals surface area contributed by atoms with Crippen molar-refractivity contribution in [3.63, 3.8) is 0 Å². The Morgan fingerprint density at radius 2 is 1.54 bits per heavy atom. The number of hydrogen-bond acceptors (Lipinski definition) is 5. The van der Waals surface area contributed by atoms with Gasteiger partial charge < -0.3 is 14.7 Å². The summed E-state index contributed by atoms with van der Waals surface area (Å²) in [6, 6.07) is 7.65. The van der Waals surface area contributed by atoms with Crippen LogP contribution >= 0.6 is 11.8 Å². The number of carbonyl (C=O) groups excluding carboxylic acids is 1. The molecule has 200 valence electrons. The first-order valence-electron chi connectivity index (χ1n) is 10.8. The van der Waals surface area contributed by atoms with Crippen LogP contribution in [0.5, 0.6) is 5.75 Å². The maximum Gasteiger partial charge on any atom is 0.418 e. The summed E-state index contributed by atoms with van der Waals surface area (Å²) in [6.07, 6.45) is -10.9. The number of halogens is 6. The zero-order chi connectivity index (χ0) is 27.5. The van der Waals surface area contributed by atoms with Gasteiger partial charge in [0.05, 0.1) is 29.7 Å². The number of aliphatic carboxylic acids is 1. The number of alkyl halides is 6. The van der Waals surface area contributed by atoms with Crippen molar-refractivity contribution in [2.75, 3.05) is 39.8 Å². The van der Waals surface area contributed by atoms with E-state index >= 15 is 0 Å². The average molecular weight is 549 g/mol. The lowest BCUT2D eigenvalue weighted by atomic mass is 9.94. The normalized spacial score (nSPS) is 14.9. The standard InChI is InChI=1S/C24H22F6N2O4S/c1-14(22(35)32-11-9-31(10-12-32)13-19(33)34)15-7-8-18(37-17-6-4-3-5-16(17)36-2)21(24(28,29)30)20(15)23(25,26)27/h3-8H,1,9-13H2,2H3,(H,33,34). The van der Waals surface area contributed by atoms with Crippen LogP contribution in [0.15, 0.2) is 52.8 Å². The number of nitrogens with zero attached hydrogens (tertiary/aromatic N) is 2. The fourth-order valence-electron chi connectivity index (χ4n) is 3.92. The first-order valence-corrected chi connectivity index (χ1v) is 11.6. The van der Waals surface area contributed by atoms with E-state index < -0.39 is 51.4 Å². The monoisotopic (exact) mass is 548 g/mol. The number of carbonyl (C=O) groups is 2. The van der Waals surface area contributed by atoms with Crippen LogP contribution in [0.3, 0.4) is 0 Å². The zero-order valence-corrected chi connectivity index (χ0v) is 20.3. The molecule has 0 saturated carbocycles. The number of carboxylic acid groups (broad SMARTS) is 1. The number of carboxylic acids is 1. The highest BCUT2D eigenvalue weighted by Crippen LogP contribution is 2.49. The second kappa shape index (κ2) is 11.1. The Labute approximate surface area is 212 Å². The third kappa shape index (κ3) is 6.58.